The molecule has 1 aromatic heterocycles. The summed E-state index contributed by atoms with van der Waals surface area (Å²) in [6.07, 6.45) is 0.630. The normalized spacial score (nSPS) is 10.3. The first-order valence-electron chi connectivity index (χ1n) is 6.24. The Hall–Kier alpha value is -1.30. The zero-order chi connectivity index (χ0) is 14.4. The third-order valence-electron chi connectivity index (χ3n) is 2.66. The Morgan fingerprint density at radius 1 is 1.00 bits per heavy atom. The molecule has 106 valence electrons. The van der Waals surface area contributed by atoms with E-state index in [4.69, 9.17) is 9.47 Å². The lowest BCUT2D eigenvalue weighted by Crippen LogP contribution is -2.09. The second-order valence-corrected chi connectivity index (χ2v) is 4.32. The minimum atomic E-state index is -0.456. The van der Waals surface area contributed by atoms with Crippen molar-refractivity contribution in [1.29, 1.82) is 0 Å². The van der Waals surface area contributed by atoms with Crippen LogP contribution in [0, 0.1) is 0 Å². The first-order valence-corrected chi connectivity index (χ1v) is 7.36. The van der Waals surface area contributed by atoms with Crippen LogP contribution in [0.25, 0.3) is 0 Å². The molecule has 19 heavy (non-hydrogen) atoms. The van der Waals surface area contributed by atoms with Crippen molar-refractivity contribution in [1.82, 2.24) is 4.98 Å². The molecule has 0 aliphatic heterocycles. The number of carbonyl (C=O) groups excluding carboxylic acids is 2. The molecule has 0 spiro atoms. The lowest BCUT2D eigenvalue weighted by Gasteiger charge is -2.03. The number of alkyl halides is 1. The van der Waals surface area contributed by atoms with Gasteiger partial charge in [0.25, 0.3) is 0 Å². The summed E-state index contributed by atoms with van der Waals surface area (Å²) in [6.45, 7) is 5.98. The molecule has 0 bridgehead atoms. The molecule has 0 aliphatic rings. The van der Waals surface area contributed by atoms with Crippen LogP contribution in [-0.2, 0) is 21.2 Å². The molecule has 0 aliphatic carbocycles. The molecular formula is C13H18BrNO4. The van der Waals surface area contributed by atoms with E-state index in [2.05, 4.69) is 20.9 Å². The summed E-state index contributed by atoms with van der Waals surface area (Å²) in [5, 5.41) is 0.472. The molecule has 1 N–H and O–H groups in total. The average Bonchev–Trinajstić information content (AvgIpc) is 2.77. The summed E-state index contributed by atoms with van der Waals surface area (Å²) in [5.41, 5.74) is 2.20. The van der Waals surface area contributed by atoms with Gasteiger partial charge < -0.3 is 14.5 Å². The third-order valence-corrected chi connectivity index (χ3v) is 3.22. The molecule has 0 saturated heterocycles. The highest BCUT2D eigenvalue weighted by Crippen LogP contribution is 2.24. The van der Waals surface area contributed by atoms with E-state index in [-0.39, 0.29) is 6.61 Å². The van der Waals surface area contributed by atoms with Crippen LogP contribution in [0.5, 0.6) is 0 Å². The first kappa shape index (κ1) is 15.8. The van der Waals surface area contributed by atoms with Crippen molar-refractivity contribution in [3.05, 3.63) is 22.5 Å². The van der Waals surface area contributed by atoms with Crippen LogP contribution in [0.2, 0.25) is 0 Å². The number of halogens is 1. The Bertz CT molecular complexity index is 427. The van der Waals surface area contributed by atoms with Crippen LogP contribution in [0.3, 0.4) is 0 Å². The van der Waals surface area contributed by atoms with E-state index in [1.807, 2.05) is 6.92 Å². The highest BCUT2D eigenvalue weighted by atomic mass is 79.9. The fourth-order valence-corrected chi connectivity index (χ4v) is 2.49. The number of rotatable bonds is 6. The molecule has 1 aromatic rings. The molecule has 0 fully saturated rings. The molecule has 1 rings (SSSR count). The molecule has 0 radical (unpaired) electrons. The maximum Gasteiger partial charge on any atom is 0.355 e. The molecule has 0 unspecified atom stereocenters. The summed E-state index contributed by atoms with van der Waals surface area (Å²) >= 11 is 3.34. The number of H-pyrrole nitrogens is 1. The van der Waals surface area contributed by atoms with Gasteiger partial charge in [0.05, 0.1) is 13.2 Å². The molecule has 0 saturated carbocycles. The fraction of sp³-hybridized carbons (Fsp3) is 0.538. The van der Waals surface area contributed by atoms with Crippen LogP contribution in [0.15, 0.2) is 0 Å². The summed E-state index contributed by atoms with van der Waals surface area (Å²) in [5.74, 6) is -0.903. The standard InChI is InChI=1S/C13H18BrNO4/c1-4-8-9(7-14)11(13(17)19-6-3)15-10(8)12(16)18-5-2/h15H,4-7H2,1-3H3. The number of nitrogens with one attached hydrogen (secondary N) is 1. The van der Waals surface area contributed by atoms with Gasteiger partial charge in [-0.15, -0.1) is 0 Å². The summed E-state index contributed by atoms with van der Waals surface area (Å²) in [6, 6.07) is 0. The average molecular weight is 332 g/mol. The van der Waals surface area contributed by atoms with E-state index in [0.717, 1.165) is 11.1 Å². The topological polar surface area (TPSA) is 68.4 Å². The minimum Gasteiger partial charge on any atom is -0.461 e. The minimum absolute atomic E-state index is 0.287. The number of ether oxygens (including phenoxy) is 2. The van der Waals surface area contributed by atoms with Crippen LogP contribution in [0.1, 0.15) is 52.9 Å². The van der Waals surface area contributed by atoms with Gasteiger partial charge in [0.1, 0.15) is 11.4 Å². The molecule has 0 amide bonds. The van der Waals surface area contributed by atoms with Crippen LogP contribution in [0.4, 0.5) is 0 Å². The quantitative estimate of drug-likeness (QED) is 0.642. The van der Waals surface area contributed by atoms with Crippen LogP contribution in [-0.4, -0.2) is 30.1 Å². The van der Waals surface area contributed by atoms with E-state index >= 15 is 0 Å². The number of carbonyl (C=O) groups is 2. The van der Waals surface area contributed by atoms with Crippen LogP contribution >= 0.6 is 15.9 Å². The molecular weight excluding hydrogens is 314 g/mol. The smallest absolute Gasteiger partial charge is 0.355 e. The summed E-state index contributed by atoms with van der Waals surface area (Å²) in [4.78, 5) is 26.6. The van der Waals surface area contributed by atoms with Gasteiger partial charge in [-0.2, -0.15) is 0 Å². The summed E-state index contributed by atoms with van der Waals surface area (Å²) < 4.78 is 9.97. The van der Waals surface area contributed by atoms with E-state index < -0.39 is 11.9 Å². The highest BCUT2D eigenvalue weighted by Gasteiger charge is 2.25. The number of hydrogen-bond acceptors (Lipinski definition) is 4. The molecule has 1 heterocycles. The predicted octanol–water partition coefficient (Wildman–Crippen LogP) is 2.83. The lowest BCUT2D eigenvalue weighted by atomic mass is 10.1. The zero-order valence-corrected chi connectivity index (χ0v) is 12.9. The van der Waals surface area contributed by atoms with Crippen molar-refractivity contribution in [3.8, 4) is 0 Å². The van der Waals surface area contributed by atoms with Crippen molar-refractivity contribution < 1.29 is 19.1 Å². The molecule has 0 atom stereocenters. The van der Waals surface area contributed by atoms with Gasteiger partial charge in [0.15, 0.2) is 0 Å². The number of aromatic nitrogens is 1. The Morgan fingerprint density at radius 3 is 1.84 bits per heavy atom. The van der Waals surface area contributed by atoms with Gasteiger partial charge in [0, 0.05) is 5.33 Å². The fourth-order valence-electron chi connectivity index (χ4n) is 1.87. The first-order chi connectivity index (χ1) is 9.10. The van der Waals surface area contributed by atoms with Crippen molar-refractivity contribution in [2.45, 2.75) is 32.5 Å². The largest absolute Gasteiger partial charge is 0.461 e. The second-order valence-electron chi connectivity index (χ2n) is 3.76. The van der Waals surface area contributed by atoms with Crippen molar-refractivity contribution >= 4 is 27.9 Å². The van der Waals surface area contributed by atoms with E-state index in [0.29, 0.717) is 29.7 Å². The van der Waals surface area contributed by atoms with Crippen molar-refractivity contribution in [2.75, 3.05) is 13.2 Å². The zero-order valence-electron chi connectivity index (χ0n) is 11.3. The van der Waals surface area contributed by atoms with Gasteiger partial charge in [-0.05, 0) is 31.4 Å². The number of aromatic amines is 1. The van der Waals surface area contributed by atoms with Gasteiger partial charge in [-0.3, -0.25) is 0 Å². The van der Waals surface area contributed by atoms with E-state index in [9.17, 15) is 9.59 Å². The van der Waals surface area contributed by atoms with Crippen molar-refractivity contribution in [3.63, 3.8) is 0 Å². The summed E-state index contributed by atoms with van der Waals surface area (Å²) in [7, 11) is 0. The van der Waals surface area contributed by atoms with E-state index in [1.54, 1.807) is 13.8 Å². The van der Waals surface area contributed by atoms with Gasteiger partial charge >= 0.3 is 11.9 Å². The Balaban J connectivity index is 3.26. The SMILES string of the molecule is CCOC(=O)c1[nH]c(C(=O)OCC)c(CBr)c1CC. The van der Waals surface area contributed by atoms with E-state index in [1.165, 1.54) is 0 Å². The third kappa shape index (κ3) is 3.37. The molecule has 6 heteroatoms. The highest BCUT2D eigenvalue weighted by molar-refractivity contribution is 9.08. The van der Waals surface area contributed by atoms with Gasteiger partial charge in [-0.1, -0.05) is 22.9 Å². The number of esters is 2. The second kappa shape index (κ2) is 7.33. The maximum absolute atomic E-state index is 11.9. The Morgan fingerprint density at radius 2 is 1.47 bits per heavy atom. The maximum atomic E-state index is 11.9. The number of hydrogen-bond donors (Lipinski definition) is 1. The molecule has 0 aromatic carbocycles. The van der Waals surface area contributed by atoms with Crippen LogP contribution < -0.4 is 0 Å². The van der Waals surface area contributed by atoms with Crippen molar-refractivity contribution in [2.24, 2.45) is 0 Å². The monoisotopic (exact) mass is 331 g/mol. The van der Waals surface area contributed by atoms with Gasteiger partial charge in [0.2, 0.25) is 0 Å². The Labute approximate surface area is 120 Å². The molecule has 5 nitrogen and oxygen atoms in total. The lowest BCUT2D eigenvalue weighted by molar-refractivity contribution is 0.0515. The van der Waals surface area contributed by atoms with Gasteiger partial charge in [-0.25, -0.2) is 9.59 Å². The Kier molecular flexibility index (Phi) is 6.08. The predicted molar refractivity (Wildman–Crippen MR) is 74.7 cm³/mol.